The standard InChI is InChI=1S/C17H13ClN4O5/c1-9(26-17(23)12-3-2-4-13(18)14(12)19)15-20-21-16(27-15)10-5-7-11(8-6-10)22(24)25/h2-9H,19H2,1H3. The molecule has 0 aliphatic rings. The van der Waals surface area contributed by atoms with Crippen molar-refractivity contribution in [3.05, 3.63) is 69.1 Å². The summed E-state index contributed by atoms with van der Waals surface area (Å²) in [5.41, 5.74) is 6.47. The number of hydrogen-bond donors (Lipinski definition) is 1. The minimum Gasteiger partial charge on any atom is -0.449 e. The Morgan fingerprint density at radius 2 is 1.96 bits per heavy atom. The highest BCUT2D eigenvalue weighted by Gasteiger charge is 2.22. The monoisotopic (exact) mass is 388 g/mol. The van der Waals surface area contributed by atoms with E-state index in [1.165, 1.54) is 30.3 Å². The number of rotatable bonds is 5. The van der Waals surface area contributed by atoms with Crippen LogP contribution in [0.5, 0.6) is 0 Å². The second-order valence-electron chi connectivity index (χ2n) is 5.50. The molecule has 1 heterocycles. The molecule has 0 bridgehead atoms. The second-order valence-corrected chi connectivity index (χ2v) is 5.91. The van der Waals surface area contributed by atoms with E-state index in [1.807, 2.05) is 0 Å². The van der Waals surface area contributed by atoms with Crippen LogP contribution in [0.3, 0.4) is 0 Å². The molecule has 1 aromatic heterocycles. The van der Waals surface area contributed by atoms with Crippen LogP contribution in [0, 0.1) is 10.1 Å². The molecule has 2 aromatic carbocycles. The lowest BCUT2D eigenvalue weighted by Crippen LogP contribution is -2.11. The molecule has 0 radical (unpaired) electrons. The lowest BCUT2D eigenvalue weighted by atomic mass is 10.2. The number of aromatic nitrogens is 2. The minimum absolute atomic E-state index is 0.0557. The summed E-state index contributed by atoms with van der Waals surface area (Å²) in [7, 11) is 0. The van der Waals surface area contributed by atoms with E-state index in [9.17, 15) is 14.9 Å². The van der Waals surface area contributed by atoms with Crippen LogP contribution in [0.25, 0.3) is 11.5 Å². The van der Waals surface area contributed by atoms with Crippen molar-refractivity contribution in [2.24, 2.45) is 0 Å². The summed E-state index contributed by atoms with van der Waals surface area (Å²) < 4.78 is 10.8. The molecule has 10 heteroatoms. The Balaban J connectivity index is 1.74. The van der Waals surface area contributed by atoms with Crippen LogP contribution in [0.4, 0.5) is 11.4 Å². The summed E-state index contributed by atoms with van der Waals surface area (Å²) in [5.74, 6) is -0.472. The minimum atomic E-state index is -0.838. The first kappa shape index (κ1) is 18.3. The van der Waals surface area contributed by atoms with Crippen molar-refractivity contribution in [2.45, 2.75) is 13.0 Å². The van der Waals surface area contributed by atoms with Crippen molar-refractivity contribution in [2.75, 3.05) is 5.73 Å². The Morgan fingerprint density at radius 3 is 2.63 bits per heavy atom. The lowest BCUT2D eigenvalue weighted by molar-refractivity contribution is -0.384. The molecule has 0 amide bonds. The predicted octanol–water partition coefficient (Wildman–Crippen LogP) is 3.80. The van der Waals surface area contributed by atoms with E-state index in [-0.39, 0.29) is 33.7 Å². The molecule has 1 atom stereocenters. The number of benzene rings is 2. The van der Waals surface area contributed by atoms with Gasteiger partial charge in [-0.3, -0.25) is 10.1 Å². The fourth-order valence-electron chi connectivity index (χ4n) is 2.23. The van der Waals surface area contributed by atoms with Gasteiger partial charge in [-0.15, -0.1) is 10.2 Å². The van der Waals surface area contributed by atoms with E-state index in [0.717, 1.165) is 0 Å². The number of carbonyl (C=O) groups is 1. The summed E-state index contributed by atoms with van der Waals surface area (Å²) in [4.78, 5) is 22.5. The van der Waals surface area contributed by atoms with Gasteiger partial charge in [-0.1, -0.05) is 17.7 Å². The molecule has 138 valence electrons. The van der Waals surface area contributed by atoms with Gasteiger partial charge in [0, 0.05) is 17.7 Å². The number of ether oxygens (including phenoxy) is 1. The molecule has 0 aliphatic carbocycles. The molecule has 0 fully saturated rings. The number of non-ortho nitro benzene ring substituents is 1. The van der Waals surface area contributed by atoms with Crippen molar-refractivity contribution < 1.29 is 18.9 Å². The Kier molecular flexibility index (Phi) is 5.04. The van der Waals surface area contributed by atoms with Gasteiger partial charge in [-0.2, -0.15) is 0 Å². The van der Waals surface area contributed by atoms with Crippen LogP contribution >= 0.6 is 11.6 Å². The third-order valence-corrected chi connectivity index (χ3v) is 4.00. The van der Waals surface area contributed by atoms with Crippen LogP contribution in [-0.4, -0.2) is 21.1 Å². The normalized spacial score (nSPS) is 11.8. The van der Waals surface area contributed by atoms with Gasteiger partial charge in [0.05, 0.1) is 21.2 Å². The third kappa shape index (κ3) is 3.87. The number of hydrogen-bond acceptors (Lipinski definition) is 8. The molecule has 0 saturated carbocycles. The number of nitro groups is 1. The van der Waals surface area contributed by atoms with Crippen LogP contribution < -0.4 is 5.73 Å². The van der Waals surface area contributed by atoms with Crippen LogP contribution in [0.15, 0.2) is 46.9 Å². The first-order valence-corrected chi connectivity index (χ1v) is 8.08. The number of para-hydroxylation sites is 1. The van der Waals surface area contributed by atoms with Gasteiger partial charge in [0.2, 0.25) is 5.89 Å². The average molecular weight is 389 g/mol. The van der Waals surface area contributed by atoms with E-state index >= 15 is 0 Å². The molecule has 0 spiro atoms. The number of nitrogens with zero attached hydrogens (tertiary/aromatic N) is 3. The summed E-state index contributed by atoms with van der Waals surface area (Å²) in [6.45, 7) is 1.56. The van der Waals surface area contributed by atoms with Gasteiger partial charge in [0.15, 0.2) is 6.10 Å². The SMILES string of the molecule is CC(OC(=O)c1cccc(Cl)c1N)c1nnc(-c2ccc([N+](=O)[O-])cc2)o1. The maximum Gasteiger partial charge on any atom is 0.341 e. The van der Waals surface area contributed by atoms with E-state index in [1.54, 1.807) is 19.1 Å². The molecule has 0 saturated heterocycles. The zero-order chi connectivity index (χ0) is 19.6. The van der Waals surface area contributed by atoms with E-state index in [0.29, 0.717) is 5.56 Å². The van der Waals surface area contributed by atoms with Crippen LogP contribution in [0.2, 0.25) is 5.02 Å². The van der Waals surface area contributed by atoms with Crippen molar-refractivity contribution in [1.82, 2.24) is 10.2 Å². The summed E-state index contributed by atoms with van der Waals surface area (Å²) >= 11 is 5.90. The number of nitrogens with two attached hydrogens (primary N) is 1. The summed E-state index contributed by atoms with van der Waals surface area (Å²) in [6, 6.07) is 10.3. The first-order chi connectivity index (χ1) is 12.9. The maximum atomic E-state index is 12.3. The van der Waals surface area contributed by atoms with Gasteiger partial charge >= 0.3 is 5.97 Å². The molecule has 3 rings (SSSR count). The van der Waals surface area contributed by atoms with E-state index in [4.69, 9.17) is 26.5 Å². The van der Waals surface area contributed by atoms with Crippen molar-refractivity contribution in [1.29, 1.82) is 0 Å². The Labute approximate surface area is 157 Å². The number of halogens is 1. The van der Waals surface area contributed by atoms with Gasteiger partial charge in [0.1, 0.15) is 0 Å². The summed E-state index contributed by atoms with van der Waals surface area (Å²) in [6.07, 6.45) is -0.838. The Hall–Kier alpha value is -3.46. The predicted molar refractivity (Wildman–Crippen MR) is 96.1 cm³/mol. The topological polar surface area (TPSA) is 134 Å². The van der Waals surface area contributed by atoms with E-state index in [2.05, 4.69) is 10.2 Å². The third-order valence-electron chi connectivity index (χ3n) is 3.67. The number of anilines is 1. The smallest absolute Gasteiger partial charge is 0.341 e. The first-order valence-electron chi connectivity index (χ1n) is 7.70. The van der Waals surface area contributed by atoms with Gasteiger partial charge in [-0.25, -0.2) is 4.79 Å². The fourth-order valence-corrected chi connectivity index (χ4v) is 2.41. The van der Waals surface area contributed by atoms with Gasteiger partial charge < -0.3 is 14.9 Å². The molecular weight excluding hydrogens is 376 g/mol. The molecule has 1 unspecified atom stereocenters. The maximum absolute atomic E-state index is 12.3. The fraction of sp³-hybridized carbons (Fsp3) is 0.118. The molecular formula is C17H13ClN4O5. The zero-order valence-electron chi connectivity index (χ0n) is 14.0. The molecule has 27 heavy (non-hydrogen) atoms. The van der Waals surface area contributed by atoms with E-state index < -0.39 is 17.0 Å². The van der Waals surface area contributed by atoms with Crippen molar-refractivity contribution in [3.8, 4) is 11.5 Å². The number of esters is 1. The second kappa shape index (κ2) is 7.42. The number of carbonyl (C=O) groups excluding carboxylic acids is 1. The molecule has 9 nitrogen and oxygen atoms in total. The number of nitro benzene ring substituents is 1. The quantitative estimate of drug-likeness (QED) is 0.302. The van der Waals surface area contributed by atoms with Crippen molar-refractivity contribution in [3.63, 3.8) is 0 Å². The highest BCUT2D eigenvalue weighted by Crippen LogP contribution is 2.27. The van der Waals surface area contributed by atoms with Crippen molar-refractivity contribution >= 4 is 28.9 Å². The van der Waals surface area contributed by atoms with Gasteiger partial charge in [-0.05, 0) is 31.2 Å². The average Bonchev–Trinajstić information content (AvgIpc) is 3.14. The summed E-state index contributed by atoms with van der Waals surface area (Å²) in [5, 5.41) is 18.7. The molecule has 0 aliphatic heterocycles. The highest BCUT2D eigenvalue weighted by molar-refractivity contribution is 6.33. The lowest BCUT2D eigenvalue weighted by Gasteiger charge is -2.11. The van der Waals surface area contributed by atoms with Gasteiger partial charge in [0.25, 0.3) is 11.6 Å². The molecule has 3 aromatic rings. The van der Waals surface area contributed by atoms with Crippen LogP contribution in [0.1, 0.15) is 29.3 Å². The Bertz CT molecular complexity index is 1000. The largest absolute Gasteiger partial charge is 0.449 e. The number of nitrogen functional groups attached to an aromatic ring is 1. The molecule has 2 N–H and O–H groups in total. The highest BCUT2D eigenvalue weighted by atomic mass is 35.5. The Morgan fingerprint density at radius 1 is 1.26 bits per heavy atom. The van der Waals surface area contributed by atoms with Crippen LogP contribution in [-0.2, 0) is 4.74 Å². The zero-order valence-corrected chi connectivity index (χ0v) is 14.7.